The van der Waals surface area contributed by atoms with E-state index in [9.17, 15) is 0 Å². The Morgan fingerprint density at radius 3 is 2.82 bits per heavy atom. The van der Waals surface area contributed by atoms with Gasteiger partial charge in [-0.2, -0.15) is 0 Å². The van der Waals surface area contributed by atoms with E-state index in [0.29, 0.717) is 0 Å². The standard InChI is InChI=1S/C12H16BrClN2O/c13-11-9-10(14)1-2-12(11)17-8-7-16-5-3-15-4-6-16/h1-2,9,15H,3-8H2/p+2. The Bertz CT molecular complexity index is 370. The number of benzene rings is 1. The minimum absolute atomic E-state index is 0.724. The lowest BCUT2D eigenvalue weighted by molar-refractivity contribution is -0.946. The van der Waals surface area contributed by atoms with Crippen LogP contribution in [0.15, 0.2) is 22.7 Å². The van der Waals surface area contributed by atoms with Crippen LogP contribution in [-0.4, -0.2) is 39.3 Å². The van der Waals surface area contributed by atoms with Crippen molar-refractivity contribution >= 4 is 27.5 Å². The van der Waals surface area contributed by atoms with Crippen molar-refractivity contribution in [3.63, 3.8) is 0 Å². The van der Waals surface area contributed by atoms with Crippen LogP contribution >= 0.6 is 27.5 Å². The molecular weight excluding hydrogens is 304 g/mol. The molecule has 3 nitrogen and oxygen atoms in total. The number of quaternary nitrogens is 2. The second kappa shape index (κ2) is 6.59. The largest absolute Gasteiger partial charge is 0.487 e. The van der Waals surface area contributed by atoms with Gasteiger partial charge in [0.2, 0.25) is 0 Å². The monoisotopic (exact) mass is 320 g/mol. The Hall–Kier alpha value is -0.290. The second-order valence-electron chi connectivity index (χ2n) is 4.29. The predicted octanol–water partition coefficient (Wildman–Crippen LogP) is -0.0568. The molecule has 1 heterocycles. The minimum atomic E-state index is 0.724. The maximum atomic E-state index is 5.88. The van der Waals surface area contributed by atoms with E-state index in [2.05, 4.69) is 21.2 Å². The van der Waals surface area contributed by atoms with Crippen LogP contribution in [0.5, 0.6) is 5.75 Å². The van der Waals surface area contributed by atoms with Crippen molar-refractivity contribution in [2.24, 2.45) is 0 Å². The molecule has 0 unspecified atom stereocenters. The smallest absolute Gasteiger partial charge is 0.137 e. The normalized spacial score (nSPS) is 17.1. The van der Waals surface area contributed by atoms with Gasteiger partial charge in [0.05, 0.1) is 4.47 Å². The number of hydrogen-bond donors (Lipinski definition) is 2. The van der Waals surface area contributed by atoms with E-state index < -0.39 is 0 Å². The lowest BCUT2D eigenvalue weighted by Gasteiger charge is -2.22. The zero-order chi connectivity index (χ0) is 12.1. The molecule has 0 amide bonds. The first-order valence-corrected chi connectivity index (χ1v) is 7.16. The van der Waals surface area contributed by atoms with E-state index >= 15 is 0 Å². The van der Waals surface area contributed by atoms with Gasteiger partial charge >= 0.3 is 0 Å². The first kappa shape index (κ1) is 13.1. The molecule has 0 atom stereocenters. The van der Waals surface area contributed by atoms with Crippen molar-refractivity contribution in [2.45, 2.75) is 0 Å². The number of nitrogens with two attached hydrogens (primary N) is 1. The van der Waals surface area contributed by atoms with Crippen LogP contribution in [-0.2, 0) is 0 Å². The summed E-state index contributed by atoms with van der Waals surface area (Å²) in [5.74, 6) is 0.873. The predicted molar refractivity (Wildman–Crippen MR) is 71.9 cm³/mol. The average Bonchev–Trinajstić information content (AvgIpc) is 2.33. The quantitative estimate of drug-likeness (QED) is 0.800. The van der Waals surface area contributed by atoms with E-state index in [1.54, 1.807) is 4.90 Å². The average molecular weight is 322 g/mol. The Labute approximate surface area is 115 Å². The van der Waals surface area contributed by atoms with Crippen molar-refractivity contribution in [3.05, 3.63) is 27.7 Å². The van der Waals surface area contributed by atoms with Gasteiger partial charge in [-0.15, -0.1) is 0 Å². The summed E-state index contributed by atoms with van der Waals surface area (Å²) in [7, 11) is 0. The summed E-state index contributed by atoms with van der Waals surface area (Å²) < 4.78 is 6.68. The van der Waals surface area contributed by atoms with E-state index in [0.717, 1.165) is 28.4 Å². The molecule has 2 rings (SSSR count). The first-order chi connectivity index (χ1) is 8.25. The molecule has 17 heavy (non-hydrogen) atoms. The third kappa shape index (κ3) is 4.14. The molecule has 0 saturated carbocycles. The number of rotatable bonds is 4. The van der Waals surface area contributed by atoms with Gasteiger partial charge in [-0.3, -0.25) is 0 Å². The van der Waals surface area contributed by atoms with Gasteiger partial charge < -0.3 is 15.0 Å². The van der Waals surface area contributed by atoms with E-state index in [1.807, 2.05) is 18.2 Å². The summed E-state index contributed by atoms with van der Waals surface area (Å²) in [5.41, 5.74) is 0. The Kier molecular flexibility index (Phi) is 5.10. The molecule has 1 aromatic rings. The fourth-order valence-electron chi connectivity index (χ4n) is 2.03. The highest BCUT2D eigenvalue weighted by molar-refractivity contribution is 9.10. The third-order valence-electron chi connectivity index (χ3n) is 3.01. The van der Waals surface area contributed by atoms with E-state index in [1.165, 1.54) is 26.2 Å². The summed E-state index contributed by atoms with van der Waals surface area (Å²) in [5, 5.41) is 3.10. The molecule has 1 aromatic carbocycles. The summed E-state index contributed by atoms with van der Waals surface area (Å²) in [4.78, 5) is 1.64. The number of piperazine rings is 1. The molecule has 1 fully saturated rings. The van der Waals surface area contributed by atoms with Crippen molar-refractivity contribution in [1.82, 2.24) is 0 Å². The minimum Gasteiger partial charge on any atom is -0.487 e. The first-order valence-electron chi connectivity index (χ1n) is 5.99. The molecule has 0 bridgehead atoms. The molecule has 1 saturated heterocycles. The highest BCUT2D eigenvalue weighted by atomic mass is 79.9. The number of hydrogen-bond acceptors (Lipinski definition) is 1. The van der Waals surface area contributed by atoms with Crippen molar-refractivity contribution in [2.75, 3.05) is 39.3 Å². The van der Waals surface area contributed by atoms with Gasteiger partial charge in [-0.25, -0.2) is 0 Å². The maximum Gasteiger partial charge on any atom is 0.137 e. The fraction of sp³-hybridized carbons (Fsp3) is 0.500. The topological polar surface area (TPSA) is 30.3 Å². The van der Waals surface area contributed by atoms with Gasteiger partial charge in [0.15, 0.2) is 0 Å². The Morgan fingerprint density at radius 2 is 2.12 bits per heavy atom. The van der Waals surface area contributed by atoms with E-state index in [4.69, 9.17) is 16.3 Å². The summed E-state index contributed by atoms with van der Waals surface area (Å²) in [6, 6.07) is 5.62. The van der Waals surface area contributed by atoms with Gasteiger partial charge in [0, 0.05) is 5.02 Å². The van der Waals surface area contributed by atoms with Crippen molar-refractivity contribution in [3.8, 4) is 5.75 Å². The highest BCUT2D eigenvalue weighted by Crippen LogP contribution is 2.27. The lowest BCUT2D eigenvalue weighted by Crippen LogP contribution is -3.20. The van der Waals surface area contributed by atoms with Crippen LogP contribution in [0.3, 0.4) is 0 Å². The summed E-state index contributed by atoms with van der Waals surface area (Å²) in [6.45, 7) is 6.79. The third-order valence-corrected chi connectivity index (χ3v) is 3.87. The molecule has 1 aliphatic heterocycles. The van der Waals surface area contributed by atoms with Crippen LogP contribution in [0.2, 0.25) is 5.02 Å². The van der Waals surface area contributed by atoms with Gasteiger partial charge in [0.25, 0.3) is 0 Å². The molecular formula is C12H18BrClN2O+2. The van der Waals surface area contributed by atoms with Crippen LogP contribution in [0.4, 0.5) is 0 Å². The van der Waals surface area contributed by atoms with Gasteiger partial charge in [-0.1, -0.05) is 11.6 Å². The second-order valence-corrected chi connectivity index (χ2v) is 5.58. The zero-order valence-corrected chi connectivity index (χ0v) is 12.1. The molecule has 5 heteroatoms. The van der Waals surface area contributed by atoms with Crippen molar-refractivity contribution in [1.29, 1.82) is 0 Å². The van der Waals surface area contributed by atoms with Crippen LogP contribution < -0.4 is 15.0 Å². The van der Waals surface area contributed by atoms with Crippen LogP contribution in [0.1, 0.15) is 0 Å². The molecule has 0 aromatic heterocycles. The number of halogens is 2. The van der Waals surface area contributed by atoms with Crippen LogP contribution in [0, 0.1) is 0 Å². The molecule has 0 radical (unpaired) electrons. The molecule has 94 valence electrons. The number of nitrogens with one attached hydrogen (secondary N) is 1. The summed E-state index contributed by atoms with van der Waals surface area (Å²) in [6.07, 6.45) is 0. The van der Waals surface area contributed by atoms with Crippen LogP contribution in [0.25, 0.3) is 0 Å². The van der Waals surface area contributed by atoms with Crippen molar-refractivity contribution < 1.29 is 15.0 Å². The maximum absolute atomic E-state index is 5.88. The lowest BCUT2D eigenvalue weighted by atomic mass is 10.3. The molecule has 3 N–H and O–H groups in total. The SMILES string of the molecule is Clc1ccc(OCC[NH+]2CC[NH2+]CC2)c(Br)c1. The molecule has 0 spiro atoms. The zero-order valence-electron chi connectivity index (χ0n) is 9.72. The highest BCUT2D eigenvalue weighted by Gasteiger charge is 2.15. The fourth-order valence-corrected chi connectivity index (χ4v) is 2.83. The summed E-state index contributed by atoms with van der Waals surface area (Å²) >= 11 is 9.33. The van der Waals surface area contributed by atoms with Gasteiger partial charge in [-0.05, 0) is 34.1 Å². The Balaban J connectivity index is 1.77. The Morgan fingerprint density at radius 1 is 1.35 bits per heavy atom. The molecule has 0 aliphatic carbocycles. The number of ether oxygens (including phenoxy) is 1. The van der Waals surface area contributed by atoms with E-state index in [-0.39, 0.29) is 0 Å². The molecule has 1 aliphatic rings. The van der Waals surface area contributed by atoms with Gasteiger partial charge in [0.1, 0.15) is 45.1 Å².